The molecule has 2 aromatic carbocycles. The molecule has 0 amide bonds. The first-order valence-electron chi connectivity index (χ1n) is 6.17. The van der Waals surface area contributed by atoms with E-state index in [1.165, 1.54) is 0 Å². The molecule has 0 fully saturated rings. The lowest BCUT2D eigenvalue weighted by atomic mass is 10.1. The van der Waals surface area contributed by atoms with Crippen molar-refractivity contribution >= 4 is 16.7 Å². The maximum Gasteiger partial charge on any atom is 0.338 e. The van der Waals surface area contributed by atoms with Gasteiger partial charge in [0.2, 0.25) is 0 Å². The quantitative estimate of drug-likeness (QED) is 0.683. The summed E-state index contributed by atoms with van der Waals surface area (Å²) in [7, 11) is 0. The molecule has 0 aliphatic heterocycles. The molecule has 3 rings (SSSR count). The SMILES string of the molecule is Cc1noc(COC(=O)c2ccc3ccccc3c2)n1. The first kappa shape index (κ1) is 12.3. The zero-order valence-corrected chi connectivity index (χ0v) is 10.9. The van der Waals surface area contributed by atoms with Gasteiger partial charge in [-0.2, -0.15) is 4.98 Å². The summed E-state index contributed by atoms with van der Waals surface area (Å²) in [4.78, 5) is 15.9. The van der Waals surface area contributed by atoms with Crippen molar-refractivity contribution in [1.29, 1.82) is 0 Å². The topological polar surface area (TPSA) is 65.2 Å². The van der Waals surface area contributed by atoms with Crippen LogP contribution in [0.15, 0.2) is 47.0 Å². The number of hydrogen-bond donors (Lipinski definition) is 0. The van der Waals surface area contributed by atoms with Crippen LogP contribution in [-0.4, -0.2) is 16.1 Å². The smallest absolute Gasteiger partial charge is 0.338 e. The Hall–Kier alpha value is -2.69. The Kier molecular flexibility index (Phi) is 3.16. The Balaban J connectivity index is 1.75. The molecule has 0 unspecified atom stereocenters. The standard InChI is InChI=1S/C15H12N2O3/c1-10-16-14(20-17-10)9-19-15(18)13-7-6-11-4-2-3-5-12(11)8-13/h2-8H,9H2,1H3. The fourth-order valence-electron chi connectivity index (χ4n) is 1.93. The monoisotopic (exact) mass is 268 g/mol. The number of esters is 1. The number of carbonyl (C=O) groups is 1. The molecule has 5 nitrogen and oxygen atoms in total. The molecule has 0 radical (unpaired) electrons. The fourth-order valence-corrected chi connectivity index (χ4v) is 1.93. The molecule has 0 aliphatic rings. The summed E-state index contributed by atoms with van der Waals surface area (Å²) in [6.07, 6.45) is 0. The summed E-state index contributed by atoms with van der Waals surface area (Å²) in [5, 5.41) is 5.71. The zero-order chi connectivity index (χ0) is 13.9. The molecule has 0 saturated carbocycles. The van der Waals surface area contributed by atoms with Crippen LogP contribution < -0.4 is 0 Å². The molecule has 100 valence electrons. The summed E-state index contributed by atoms with van der Waals surface area (Å²) in [6, 6.07) is 13.3. The lowest BCUT2D eigenvalue weighted by Crippen LogP contribution is -2.05. The van der Waals surface area contributed by atoms with Gasteiger partial charge < -0.3 is 9.26 Å². The van der Waals surface area contributed by atoms with E-state index in [1.807, 2.05) is 30.3 Å². The van der Waals surface area contributed by atoms with Crippen LogP contribution in [0.2, 0.25) is 0 Å². The highest BCUT2D eigenvalue weighted by atomic mass is 16.6. The first-order chi connectivity index (χ1) is 9.72. The maximum atomic E-state index is 12.0. The number of hydrogen-bond acceptors (Lipinski definition) is 5. The van der Waals surface area contributed by atoms with Gasteiger partial charge in [0.25, 0.3) is 5.89 Å². The minimum absolute atomic E-state index is 0.0213. The number of rotatable bonds is 3. The van der Waals surface area contributed by atoms with E-state index in [0.29, 0.717) is 11.4 Å². The number of carbonyl (C=O) groups excluding carboxylic acids is 1. The lowest BCUT2D eigenvalue weighted by Gasteiger charge is -2.03. The third-order valence-electron chi connectivity index (χ3n) is 2.88. The highest BCUT2D eigenvalue weighted by Gasteiger charge is 2.10. The highest BCUT2D eigenvalue weighted by molar-refractivity contribution is 5.95. The molecular weight excluding hydrogens is 256 g/mol. The Labute approximate surface area is 115 Å². The summed E-state index contributed by atoms with van der Waals surface area (Å²) < 4.78 is 10.0. The van der Waals surface area contributed by atoms with Crippen molar-refractivity contribution in [3.05, 3.63) is 59.7 Å². The second-order valence-electron chi connectivity index (χ2n) is 4.37. The second-order valence-corrected chi connectivity index (χ2v) is 4.37. The lowest BCUT2D eigenvalue weighted by molar-refractivity contribution is 0.0430. The van der Waals surface area contributed by atoms with Crippen LogP contribution in [0.4, 0.5) is 0 Å². The van der Waals surface area contributed by atoms with Gasteiger partial charge in [-0.15, -0.1) is 0 Å². The van der Waals surface area contributed by atoms with Crippen LogP contribution >= 0.6 is 0 Å². The minimum Gasteiger partial charge on any atom is -0.452 e. The molecule has 20 heavy (non-hydrogen) atoms. The molecule has 0 bridgehead atoms. The van der Waals surface area contributed by atoms with E-state index < -0.39 is 5.97 Å². The van der Waals surface area contributed by atoms with E-state index in [9.17, 15) is 4.79 Å². The van der Waals surface area contributed by atoms with Crippen LogP contribution in [0.1, 0.15) is 22.1 Å². The van der Waals surface area contributed by atoms with Gasteiger partial charge in [0.1, 0.15) is 0 Å². The van der Waals surface area contributed by atoms with Crippen molar-refractivity contribution in [2.45, 2.75) is 13.5 Å². The summed E-state index contributed by atoms with van der Waals surface area (Å²) >= 11 is 0. The average molecular weight is 268 g/mol. The highest BCUT2D eigenvalue weighted by Crippen LogP contribution is 2.16. The number of aromatic nitrogens is 2. The van der Waals surface area contributed by atoms with Gasteiger partial charge in [-0.05, 0) is 29.8 Å². The van der Waals surface area contributed by atoms with E-state index in [-0.39, 0.29) is 12.5 Å². The van der Waals surface area contributed by atoms with Crippen LogP contribution in [0, 0.1) is 6.92 Å². The molecular formula is C15H12N2O3. The zero-order valence-electron chi connectivity index (χ0n) is 10.9. The second kappa shape index (κ2) is 5.13. The predicted octanol–water partition coefficient (Wildman–Crippen LogP) is 2.89. The van der Waals surface area contributed by atoms with Gasteiger partial charge in [-0.1, -0.05) is 35.5 Å². The van der Waals surface area contributed by atoms with Crippen molar-refractivity contribution in [1.82, 2.24) is 10.1 Å². The van der Waals surface area contributed by atoms with Gasteiger partial charge in [0.15, 0.2) is 12.4 Å². The Morgan fingerprint density at radius 3 is 2.75 bits per heavy atom. The number of fused-ring (bicyclic) bond motifs is 1. The Morgan fingerprint density at radius 2 is 2.00 bits per heavy atom. The molecule has 1 aromatic heterocycles. The van der Waals surface area contributed by atoms with Crippen molar-refractivity contribution in [3.8, 4) is 0 Å². The number of nitrogens with zero attached hydrogens (tertiary/aromatic N) is 2. The van der Waals surface area contributed by atoms with Crippen LogP contribution in [0.3, 0.4) is 0 Å². The van der Waals surface area contributed by atoms with E-state index in [1.54, 1.807) is 19.1 Å². The van der Waals surface area contributed by atoms with Crippen molar-refractivity contribution < 1.29 is 14.1 Å². The maximum absolute atomic E-state index is 12.0. The molecule has 1 heterocycles. The van der Waals surface area contributed by atoms with E-state index in [4.69, 9.17) is 9.26 Å². The van der Waals surface area contributed by atoms with Crippen molar-refractivity contribution in [2.75, 3.05) is 0 Å². The molecule has 3 aromatic rings. The molecule has 5 heteroatoms. The summed E-state index contributed by atoms with van der Waals surface area (Å²) in [5.41, 5.74) is 0.500. The third-order valence-corrected chi connectivity index (χ3v) is 2.88. The number of ether oxygens (including phenoxy) is 1. The van der Waals surface area contributed by atoms with Gasteiger partial charge in [0.05, 0.1) is 5.56 Å². The minimum atomic E-state index is -0.411. The molecule has 0 spiro atoms. The van der Waals surface area contributed by atoms with E-state index in [0.717, 1.165) is 10.8 Å². The largest absolute Gasteiger partial charge is 0.452 e. The summed E-state index contributed by atoms with van der Waals surface area (Å²) in [5.74, 6) is 0.394. The van der Waals surface area contributed by atoms with Gasteiger partial charge in [-0.25, -0.2) is 4.79 Å². The Bertz CT molecular complexity index is 764. The first-order valence-corrected chi connectivity index (χ1v) is 6.17. The Morgan fingerprint density at radius 1 is 1.20 bits per heavy atom. The average Bonchev–Trinajstić information content (AvgIpc) is 2.90. The molecule has 0 aliphatic carbocycles. The van der Waals surface area contributed by atoms with Crippen molar-refractivity contribution in [3.63, 3.8) is 0 Å². The third kappa shape index (κ3) is 2.51. The number of benzene rings is 2. The van der Waals surface area contributed by atoms with Gasteiger partial charge in [-0.3, -0.25) is 0 Å². The summed E-state index contributed by atoms with van der Waals surface area (Å²) in [6.45, 7) is 1.69. The van der Waals surface area contributed by atoms with Crippen LogP contribution in [0.25, 0.3) is 10.8 Å². The molecule has 0 atom stereocenters. The van der Waals surface area contributed by atoms with E-state index in [2.05, 4.69) is 10.1 Å². The number of aryl methyl sites for hydroxylation is 1. The van der Waals surface area contributed by atoms with Crippen LogP contribution in [-0.2, 0) is 11.3 Å². The van der Waals surface area contributed by atoms with E-state index >= 15 is 0 Å². The van der Waals surface area contributed by atoms with Gasteiger partial charge in [0, 0.05) is 0 Å². The van der Waals surface area contributed by atoms with Crippen molar-refractivity contribution in [2.24, 2.45) is 0 Å². The molecule has 0 N–H and O–H groups in total. The fraction of sp³-hybridized carbons (Fsp3) is 0.133. The van der Waals surface area contributed by atoms with Crippen LogP contribution in [0.5, 0.6) is 0 Å². The van der Waals surface area contributed by atoms with Gasteiger partial charge >= 0.3 is 5.97 Å². The predicted molar refractivity (Wildman–Crippen MR) is 72.1 cm³/mol. The molecule has 0 saturated heterocycles. The normalized spacial score (nSPS) is 10.7.